The van der Waals surface area contributed by atoms with Gasteiger partial charge in [-0.05, 0) is 37.4 Å². The summed E-state index contributed by atoms with van der Waals surface area (Å²) in [6.45, 7) is 16.1. The van der Waals surface area contributed by atoms with Crippen molar-refractivity contribution in [2.45, 2.75) is 162 Å². The second-order valence-corrected chi connectivity index (χ2v) is 16.2. The molecule has 1 aliphatic heterocycles. The van der Waals surface area contributed by atoms with Crippen LogP contribution in [-0.4, -0.2) is 20.4 Å². The maximum Gasteiger partial charge on any atom is 0.342 e. The smallest absolute Gasteiger partial charge is 0.342 e. The van der Waals surface area contributed by atoms with Crippen molar-refractivity contribution in [3.8, 4) is 0 Å². The minimum Gasteiger partial charge on any atom is -0.427 e. The number of carbonyl (C=O) groups excluding carboxylic acids is 1. The number of esters is 1. The van der Waals surface area contributed by atoms with Gasteiger partial charge < -0.3 is 9.16 Å². The van der Waals surface area contributed by atoms with Crippen molar-refractivity contribution in [3.05, 3.63) is 11.3 Å². The van der Waals surface area contributed by atoms with Crippen molar-refractivity contribution in [3.63, 3.8) is 0 Å². The predicted molar refractivity (Wildman–Crippen MR) is 140 cm³/mol. The van der Waals surface area contributed by atoms with Crippen LogP contribution in [0.25, 0.3) is 0 Å². The van der Waals surface area contributed by atoms with Gasteiger partial charge in [0, 0.05) is 6.42 Å². The normalized spacial score (nSPS) is 15.7. The molecule has 0 saturated heterocycles. The lowest BCUT2D eigenvalue weighted by molar-refractivity contribution is -0.141. The van der Waals surface area contributed by atoms with Crippen molar-refractivity contribution >= 4 is 14.3 Å². The summed E-state index contributed by atoms with van der Waals surface area (Å²) in [5.41, 5.74) is 0.942. The van der Waals surface area contributed by atoms with Gasteiger partial charge in [-0.15, -0.1) is 0 Å². The van der Waals surface area contributed by atoms with Crippen LogP contribution in [0.3, 0.4) is 0 Å². The molecule has 1 rings (SSSR count). The van der Waals surface area contributed by atoms with E-state index >= 15 is 0 Å². The van der Waals surface area contributed by atoms with E-state index in [9.17, 15) is 4.79 Å². The number of ether oxygens (including phenoxy) is 1. The quantitative estimate of drug-likeness (QED) is 0.108. The molecule has 188 valence electrons. The molecule has 0 aromatic carbocycles. The highest BCUT2D eigenvalue weighted by Crippen LogP contribution is 2.39. The van der Waals surface area contributed by atoms with Crippen LogP contribution in [0.15, 0.2) is 11.3 Å². The first-order chi connectivity index (χ1) is 15.1. The van der Waals surface area contributed by atoms with Crippen LogP contribution in [0.1, 0.15) is 137 Å². The van der Waals surface area contributed by atoms with Crippen molar-refractivity contribution in [2.75, 3.05) is 0 Å². The van der Waals surface area contributed by atoms with E-state index in [1.807, 2.05) is 0 Å². The third kappa shape index (κ3) is 11.0. The minimum absolute atomic E-state index is 0.0920. The summed E-state index contributed by atoms with van der Waals surface area (Å²) in [5, 5.41) is 0.192. The first-order valence-corrected chi connectivity index (χ1v) is 16.6. The van der Waals surface area contributed by atoms with Gasteiger partial charge in [0.15, 0.2) is 8.32 Å². The van der Waals surface area contributed by atoms with Crippen molar-refractivity contribution in [2.24, 2.45) is 0 Å². The Morgan fingerprint density at radius 3 is 1.81 bits per heavy atom. The van der Waals surface area contributed by atoms with Crippen LogP contribution in [0.5, 0.6) is 0 Å². The Bertz CT molecular complexity index is 560. The van der Waals surface area contributed by atoms with E-state index < -0.39 is 8.32 Å². The zero-order valence-corrected chi connectivity index (χ0v) is 23.6. The Morgan fingerprint density at radius 1 is 0.812 bits per heavy atom. The molecular weight excluding hydrogens is 412 g/mol. The third-order valence-corrected chi connectivity index (χ3v) is 11.9. The van der Waals surface area contributed by atoms with Crippen LogP contribution in [0.4, 0.5) is 0 Å². The number of cyclic esters (lactones) is 1. The van der Waals surface area contributed by atoms with E-state index in [-0.39, 0.29) is 17.1 Å². The molecule has 1 heterocycles. The van der Waals surface area contributed by atoms with Crippen LogP contribution < -0.4 is 0 Å². The fraction of sp³-hybridized carbons (Fsp3) is 0.893. The van der Waals surface area contributed by atoms with E-state index in [4.69, 9.17) is 9.16 Å². The summed E-state index contributed by atoms with van der Waals surface area (Å²) < 4.78 is 12.3. The van der Waals surface area contributed by atoms with Crippen molar-refractivity contribution < 1.29 is 14.0 Å². The van der Waals surface area contributed by atoms with Gasteiger partial charge in [-0.2, -0.15) is 0 Å². The highest BCUT2D eigenvalue weighted by molar-refractivity contribution is 6.74. The number of unbranched alkanes of at least 4 members (excludes halogenated alkanes) is 11. The molecule has 0 aromatic heterocycles. The summed E-state index contributed by atoms with van der Waals surface area (Å²) in [7, 11) is -1.86. The van der Waals surface area contributed by atoms with Crippen molar-refractivity contribution in [1.82, 2.24) is 0 Å². The molecule has 32 heavy (non-hydrogen) atoms. The molecule has 0 aliphatic carbocycles. The molecule has 3 nitrogen and oxygen atoms in total. The first kappa shape index (κ1) is 29.4. The van der Waals surface area contributed by atoms with Crippen LogP contribution in [-0.2, 0) is 14.0 Å². The van der Waals surface area contributed by atoms with Gasteiger partial charge in [-0.3, -0.25) is 0 Å². The monoisotopic (exact) mass is 466 g/mol. The first-order valence-electron chi connectivity index (χ1n) is 13.7. The van der Waals surface area contributed by atoms with E-state index in [0.29, 0.717) is 0 Å². The van der Waals surface area contributed by atoms with Crippen LogP contribution in [0, 0.1) is 0 Å². The molecule has 1 atom stereocenters. The SMILES string of the molecule is CCCCCCCCCCC[C@H](CC1=C(CCCCCC)C(=O)O1)O[Si](C)(C)C(C)(C)C. The Hall–Kier alpha value is -0.613. The largest absolute Gasteiger partial charge is 0.427 e. The summed E-state index contributed by atoms with van der Waals surface area (Å²) in [5.74, 6) is 0.830. The van der Waals surface area contributed by atoms with E-state index in [0.717, 1.165) is 37.0 Å². The van der Waals surface area contributed by atoms with Gasteiger partial charge in [0.2, 0.25) is 0 Å². The summed E-state index contributed by atoms with van der Waals surface area (Å²) in [6.07, 6.45) is 19.7. The Kier molecular flexibility index (Phi) is 14.1. The number of rotatable bonds is 19. The maximum absolute atomic E-state index is 12.0. The predicted octanol–water partition coefficient (Wildman–Crippen LogP) is 9.47. The molecule has 0 radical (unpaired) electrons. The van der Waals surface area contributed by atoms with Crippen molar-refractivity contribution in [1.29, 1.82) is 0 Å². The maximum atomic E-state index is 12.0. The fourth-order valence-corrected chi connectivity index (χ4v) is 5.51. The molecular formula is C28H54O3Si. The molecule has 0 bridgehead atoms. The number of hydrogen-bond donors (Lipinski definition) is 0. The molecule has 0 fully saturated rings. The lowest BCUT2D eigenvalue weighted by Gasteiger charge is -2.40. The molecule has 0 spiro atoms. The van der Waals surface area contributed by atoms with Gasteiger partial charge in [-0.1, -0.05) is 112 Å². The zero-order chi connectivity index (χ0) is 24.0. The Balaban J connectivity index is 2.58. The number of hydrogen-bond acceptors (Lipinski definition) is 3. The second-order valence-electron chi connectivity index (χ2n) is 11.4. The summed E-state index contributed by atoms with van der Waals surface area (Å²) >= 11 is 0. The fourth-order valence-electron chi connectivity index (χ4n) is 4.12. The highest BCUT2D eigenvalue weighted by atomic mass is 28.4. The van der Waals surface area contributed by atoms with E-state index in [1.165, 1.54) is 77.0 Å². The number of carbonyl (C=O) groups is 1. The molecule has 1 aliphatic rings. The van der Waals surface area contributed by atoms with Gasteiger partial charge in [0.25, 0.3) is 0 Å². The average molecular weight is 467 g/mol. The molecule has 0 N–H and O–H groups in total. The third-order valence-electron chi connectivity index (χ3n) is 7.39. The topological polar surface area (TPSA) is 35.5 Å². The van der Waals surface area contributed by atoms with E-state index in [1.54, 1.807) is 0 Å². The molecule has 0 amide bonds. The summed E-state index contributed by atoms with van der Waals surface area (Å²) in [6, 6.07) is 0. The van der Waals surface area contributed by atoms with Crippen LogP contribution in [0.2, 0.25) is 18.1 Å². The highest BCUT2D eigenvalue weighted by Gasteiger charge is 2.40. The second kappa shape index (κ2) is 15.3. The average Bonchev–Trinajstić information content (AvgIpc) is 2.70. The van der Waals surface area contributed by atoms with Gasteiger partial charge in [0.1, 0.15) is 5.76 Å². The lowest BCUT2D eigenvalue weighted by atomic mass is 9.97. The Labute approximate surface area is 201 Å². The van der Waals surface area contributed by atoms with Crippen LogP contribution >= 0.6 is 0 Å². The van der Waals surface area contributed by atoms with E-state index in [2.05, 4.69) is 47.7 Å². The molecule has 0 aromatic rings. The van der Waals surface area contributed by atoms with Gasteiger partial charge >= 0.3 is 5.97 Å². The standard InChI is InChI=1S/C28H54O3Si/c1-8-10-12-14-15-16-17-18-19-21-24(31-32(6,7)28(3,4)5)23-26-25(27(29)30-26)22-20-13-11-9-2/h24H,8-23H2,1-7H3/t24-/m1/s1. The molecule has 0 unspecified atom stereocenters. The van der Waals surface area contributed by atoms with Gasteiger partial charge in [-0.25, -0.2) is 4.79 Å². The Morgan fingerprint density at radius 2 is 1.31 bits per heavy atom. The summed E-state index contributed by atoms with van der Waals surface area (Å²) in [4.78, 5) is 12.0. The molecule has 4 heteroatoms. The lowest BCUT2D eigenvalue weighted by Crippen LogP contribution is -2.44. The molecule has 0 saturated carbocycles. The minimum atomic E-state index is -1.86. The zero-order valence-electron chi connectivity index (χ0n) is 22.6. The van der Waals surface area contributed by atoms with Gasteiger partial charge in [0.05, 0.1) is 11.7 Å².